The van der Waals surface area contributed by atoms with E-state index in [1.807, 2.05) is 0 Å². The van der Waals surface area contributed by atoms with Gasteiger partial charge in [0.25, 0.3) is 0 Å². The van der Waals surface area contributed by atoms with Crippen molar-refractivity contribution in [1.29, 1.82) is 0 Å². The van der Waals surface area contributed by atoms with Crippen molar-refractivity contribution in [2.75, 3.05) is 7.11 Å². The number of nitrogens with zero attached hydrogens (tertiary/aromatic N) is 1. The molecule has 0 aliphatic carbocycles. The molecule has 72 valence electrons. The molecule has 0 unspecified atom stereocenters. The molecule has 1 aromatic heterocycles. The first-order chi connectivity index (χ1) is 5.95. The Bertz CT molecular complexity index is 313. The van der Waals surface area contributed by atoms with E-state index >= 15 is 0 Å². The van der Waals surface area contributed by atoms with Crippen molar-refractivity contribution in [3.8, 4) is 5.75 Å². The molecule has 0 spiro atoms. The Kier molecular flexibility index (Phi) is 2.80. The molecule has 0 aliphatic rings. The molecule has 0 amide bonds. The van der Waals surface area contributed by atoms with E-state index in [1.54, 1.807) is 0 Å². The summed E-state index contributed by atoms with van der Waals surface area (Å²) < 4.78 is 41.6. The third-order valence-corrected chi connectivity index (χ3v) is 1.79. The number of halogens is 4. The summed E-state index contributed by atoms with van der Waals surface area (Å²) >= 11 is 2.95. The molecule has 2 nitrogen and oxygen atoms in total. The van der Waals surface area contributed by atoms with Crippen LogP contribution >= 0.6 is 15.9 Å². The molecule has 6 heteroatoms. The molecule has 0 radical (unpaired) electrons. The maximum absolute atomic E-state index is 12.2. The smallest absolute Gasteiger partial charge is 0.421 e. The van der Waals surface area contributed by atoms with Crippen molar-refractivity contribution < 1.29 is 17.9 Å². The van der Waals surface area contributed by atoms with Crippen LogP contribution in [0.5, 0.6) is 5.75 Å². The van der Waals surface area contributed by atoms with Gasteiger partial charge in [-0.3, -0.25) is 0 Å². The maximum atomic E-state index is 12.2. The van der Waals surface area contributed by atoms with Crippen molar-refractivity contribution in [2.45, 2.75) is 6.18 Å². The minimum Gasteiger partial charge on any atom is -0.496 e. The second-order valence-corrected chi connectivity index (χ2v) is 3.02. The number of rotatable bonds is 1. The van der Waals surface area contributed by atoms with Gasteiger partial charge in [-0.25, -0.2) is 4.98 Å². The normalized spacial score (nSPS) is 11.5. The highest BCUT2D eigenvalue weighted by atomic mass is 79.9. The fourth-order valence-corrected chi connectivity index (χ4v) is 1.11. The number of aromatic nitrogens is 1. The number of hydrogen-bond acceptors (Lipinski definition) is 2. The van der Waals surface area contributed by atoms with Crippen LogP contribution in [0.25, 0.3) is 0 Å². The van der Waals surface area contributed by atoms with E-state index in [0.717, 1.165) is 6.20 Å². The minimum atomic E-state index is -4.43. The number of ether oxygens (including phenoxy) is 1. The molecule has 0 fully saturated rings. The van der Waals surface area contributed by atoms with Crippen LogP contribution in [0.3, 0.4) is 0 Å². The van der Waals surface area contributed by atoms with Crippen LogP contribution in [0.15, 0.2) is 16.9 Å². The molecule has 0 N–H and O–H groups in total. The topological polar surface area (TPSA) is 22.1 Å². The van der Waals surface area contributed by atoms with E-state index in [4.69, 9.17) is 0 Å². The number of pyridine rings is 1. The van der Waals surface area contributed by atoms with Gasteiger partial charge >= 0.3 is 6.18 Å². The first kappa shape index (κ1) is 10.3. The highest BCUT2D eigenvalue weighted by Gasteiger charge is 2.34. The van der Waals surface area contributed by atoms with Gasteiger partial charge in [0.2, 0.25) is 0 Å². The van der Waals surface area contributed by atoms with Gasteiger partial charge < -0.3 is 4.74 Å². The minimum absolute atomic E-state index is 0.241. The molecule has 13 heavy (non-hydrogen) atoms. The molecule has 0 atom stereocenters. The molecule has 1 aromatic rings. The number of hydrogen-bond donors (Lipinski definition) is 0. The lowest BCUT2D eigenvalue weighted by molar-refractivity contribution is -0.139. The zero-order valence-electron chi connectivity index (χ0n) is 6.52. The molecule has 0 bridgehead atoms. The van der Waals surface area contributed by atoms with Gasteiger partial charge in [0, 0.05) is 12.3 Å². The Labute approximate surface area is 80.9 Å². The quantitative estimate of drug-likeness (QED) is 0.721. The summed E-state index contributed by atoms with van der Waals surface area (Å²) in [5, 5.41) is 0. The van der Waals surface area contributed by atoms with Crippen LogP contribution in [-0.4, -0.2) is 12.1 Å². The predicted octanol–water partition coefficient (Wildman–Crippen LogP) is 2.87. The van der Waals surface area contributed by atoms with Crippen molar-refractivity contribution in [1.82, 2.24) is 4.98 Å². The summed E-state index contributed by atoms with van der Waals surface area (Å²) in [7, 11) is 1.18. The Balaban J connectivity index is 3.22. The van der Waals surface area contributed by atoms with E-state index in [1.165, 1.54) is 13.2 Å². The van der Waals surface area contributed by atoms with E-state index in [9.17, 15) is 13.2 Å². The summed E-state index contributed by atoms with van der Waals surface area (Å²) in [5.41, 5.74) is -0.877. The molecule has 0 aliphatic heterocycles. The van der Waals surface area contributed by atoms with E-state index < -0.39 is 11.7 Å². The molecule has 1 rings (SSSR count). The van der Waals surface area contributed by atoms with Gasteiger partial charge in [-0.1, -0.05) is 0 Å². The van der Waals surface area contributed by atoms with E-state index in [2.05, 4.69) is 25.7 Å². The largest absolute Gasteiger partial charge is 0.496 e. The fourth-order valence-electron chi connectivity index (χ4n) is 0.795. The average molecular weight is 256 g/mol. The zero-order chi connectivity index (χ0) is 10.1. The number of methoxy groups -OCH3 is 1. The highest BCUT2D eigenvalue weighted by Crippen LogP contribution is 2.36. The van der Waals surface area contributed by atoms with Gasteiger partial charge in [-0.05, 0) is 15.9 Å². The lowest BCUT2D eigenvalue weighted by atomic mass is 10.2. The van der Waals surface area contributed by atoms with Crippen molar-refractivity contribution in [3.05, 3.63) is 22.4 Å². The Morgan fingerprint density at radius 1 is 1.46 bits per heavy atom. The lowest BCUT2D eigenvalue weighted by Gasteiger charge is -2.10. The second-order valence-electron chi connectivity index (χ2n) is 2.21. The van der Waals surface area contributed by atoms with Gasteiger partial charge in [0.05, 0.1) is 7.11 Å². The van der Waals surface area contributed by atoms with Crippen LogP contribution < -0.4 is 4.74 Å². The molecular weight excluding hydrogens is 251 g/mol. The van der Waals surface area contributed by atoms with E-state index in [-0.39, 0.29) is 5.75 Å². The predicted molar refractivity (Wildman–Crippen MR) is 43.5 cm³/mol. The summed E-state index contributed by atoms with van der Waals surface area (Å²) in [6, 6.07) is 1.17. The first-order valence-electron chi connectivity index (χ1n) is 3.22. The first-order valence-corrected chi connectivity index (χ1v) is 4.01. The van der Waals surface area contributed by atoms with Crippen LogP contribution in [0.4, 0.5) is 13.2 Å². The van der Waals surface area contributed by atoms with Gasteiger partial charge in [-0.15, -0.1) is 0 Å². The van der Waals surface area contributed by atoms with Crippen molar-refractivity contribution >= 4 is 15.9 Å². The van der Waals surface area contributed by atoms with Crippen molar-refractivity contribution in [2.24, 2.45) is 0 Å². The molecule has 0 aromatic carbocycles. The Morgan fingerprint density at radius 3 is 2.54 bits per heavy atom. The maximum Gasteiger partial charge on any atom is 0.421 e. The van der Waals surface area contributed by atoms with Gasteiger partial charge in [-0.2, -0.15) is 13.2 Å². The van der Waals surface area contributed by atoms with Crippen molar-refractivity contribution in [3.63, 3.8) is 0 Å². The Morgan fingerprint density at radius 2 is 2.08 bits per heavy atom. The highest BCUT2D eigenvalue weighted by molar-refractivity contribution is 9.10. The lowest BCUT2D eigenvalue weighted by Crippen LogP contribution is -2.08. The molecule has 0 saturated carbocycles. The second kappa shape index (κ2) is 3.53. The standard InChI is InChI=1S/C7H5BrF3NO/c1-13-5-2-6(8)12-3-4(5)7(9,10)11/h2-3H,1H3. The van der Waals surface area contributed by atoms with Gasteiger partial charge in [0.15, 0.2) is 0 Å². The van der Waals surface area contributed by atoms with Gasteiger partial charge in [0.1, 0.15) is 15.9 Å². The van der Waals surface area contributed by atoms with Crippen LogP contribution in [0.1, 0.15) is 5.56 Å². The molecule has 1 heterocycles. The third-order valence-electron chi connectivity index (χ3n) is 1.36. The SMILES string of the molecule is COc1cc(Br)ncc1C(F)(F)F. The van der Waals surface area contributed by atoms with Crippen LogP contribution in [0, 0.1) is 0 Å². The fraction of sp³-hybridized carbons (Fsp3) is 0.286. The number of alkyl halides is 3. The van der Waals surface area contributed by atoms with E-state index in [0.29, 0.717) is 4.60 Å². The summed E-state index contributed by atoms with van der Waals surface area (Å²) in [5.74, 6) is -0.241. The zero-order valence-corrected chi connectivity index (χ0v) is 8.11. The molecular formula is C7H5BrF3NO. The summed E-state index contributed by atoms with van der Waals surface area (Å²) in [6.07, 6.45) is -3.71. The van der Waals surface area contributed by atoms with Crippen LogP contribution in [-0.2, 0) is 6.18 Å². The average Bonchev–Trinajstić information content (AvgIpc) is 2.01. The van der Waals surface area contributed by atoms with Crippen LogP contribution in [0.2, 0.25) is 0 Å². The Hall–Kier alpha value is -0.780. The summed E-state index contributed by atoms with van der Waals surface area (Å²) in [4.78, 5) is 3.47. The monoisotopic (exact) mass is 255 g/mol. The summed E-state index contributed by atoms with van der Waals surface area (Å²) in [6.45, 7) is 0. The molecule has 0 saturated heterocycles. The third kappa shape index (κ3) is 2.33.